The Bertz CT molecular complexity index is 953. The highest BCUT2D eigenvalue weighted by Crippen LogP contribution is 2.27. The lowest BCUT2D eigenvalue weighted by Crippen LogP contribution is -2.23. The molecule has 1 N–H and O–H groups in total. The minimum atomic E-state index is -0.265. The van der Waals surface area contributed by atoms with Crippen LogP contribution in [0.1, 0.15) is 27.3 Å². The lowest BCUT2D eigenvalue weighted by molar-refractivity contribution is 0.0958. The number of carbonyl (C=O) groups is 1. The summed E-state index contributed by atoms with van der Waals surface area (Å²) in [6, 6.07) is 6.42. The minimum absolute atomic E-state index is 0.250. The van der Waals surface area contributed by atoms with Crippen LogP contribution in [-0.4, -0.2) is 32.7 Å². The van der Waals surface area contributed by atoms with E-state index in [1.165, 1.54) is 18.3 Å². The largest absolute Gasteiger partial charge is 0.354 e. The molecule has 132 valence electrons. The van der Waals surface area contributed by atoms with Gasteiger partial charge in [-0.3, -0.25) is 14.5 Å². The molecule has 0 spiro atoms. The van der Waals surface area contributed by atoms with Crippen molar-refractivity contribution in [2.45, 2.75) is 19.6 Å². The molecule has 1 aliphatic heterocycles. The van der Waals surface area contributed by atoms with Gasteiger partial charge in [0.1, 0.15) is 17.3 Å². The van der Waals surface area contributed by atoms with Crippen molar-refractivity contribution in [1.82, 2.24) is 25.1 Å². The summed E-state index contributed by atoms with van der Waals surface area (Å²) in [5.41, 5.74) is 3.46. The van der Waals surface area contributed by atoms with E-state index in [9.17, 15) is 9.18 Å². The van der Waals surface area contributed by atoms with E-state index in [0.29, 0.717) is 25.5 Å². The number of amides is 1. The van der Waals surface area contributed by atoms with E-state index in [2.05, 4.69) is 20.4 Å². The maximum Gasteiger partial charge on any atom is 0.271 e. The van der Waals surface area contributed by atoms with Gasteiger partial charge in [0, 0.05) is 19.2 Å². The quantitative estimate of drug-likeness (QED) is 0.774. The fraction of sp³-hybridized carbons (Fsp3) is 0.222. The van der Waals surface area contributed by atoms with Gasteiger partial charge in [-0.25, -0.2) is 9.37 Å². The molecule has 3 heterocycles. The van der Waals surface area contributed by atoms with Crippen molar-refractivity contribution in [1.29, 1.82) is 0 Å². The van der Waals surface area contributed by atoms with E-state index < -0.39 is 0 Å². The SMILES string of the molecule is CNC(=O)c1cncc(N2Cc3cnn(Cc4ccc(F)cc4)c3C2)n1. The molecular weight excluding hydrogens is 335 g/mol. The van der Waals surface area contributed by atoms with Crippen molar-refractivity contribution in [3.8, 4) is 0 Å². The second-order valence-corrected chi connectivity index (χ2v) is 6.10. The zero-order valence-electron chi connectivity index (χ0n) is 14.2. The Hall–Kier alpha value is -3.29. The summed E-state index contributed by atoms with van der Waals surface area (Å²) < 4.78 is 15.0. The van der Waals surface area contributed by atoms with Crippen molar-refractivity contribution in [2.24, 2.45) is 0 Å². The third kappa shape index (κ3) is 3.01. The van der Waals surface area contributed by atoms with Crippen molar-refractivity contribution < 1.29 is 9.18 Å². The molecule has 0 atom stereocenters. The molecule has 0 bridgehead atoms. The number of hydrogen-bond donors (Lipinski definition) is 1. The van der Waals surface area contributed by atoms with Gasteiger partial charge in [-0.2, -0.15) is 5.10 Å². The molecule has 3 aromatic rings. The number of nitrogens with zero attached hydrogens (tertiary/aromatic N) is 5. The highest BCUT2D eigenvalue weighted by Gasteiger charge is 2.25. The monoisotopic (exact) mass is 352 g/mol. The van der Waals surface area contributed by atoms with E-state index in [0.717, 1.165) is 16.8 Å². The number of rotatable bonds is 4. The molecule has 0 fully saturated rings. The maximum absolute atomic E-state index is 13.1. The fourth-order valence-electron chi connectivity index (χ4n) is 3.01. The van der Waals surface area contributed by atoms with Gasteiger partial charge in [-0.1, -0.05) is 12.1 Å². The van der Waals surface area contributed by atoms with Gasteiger partial charge in [0.15, 0.2) is 0 Å². The standard InChI is InChI=1S/C18H17FN6O/c1-20-18(26)15-7-21-8-17(23-15)24-10-13-6-22-25(16(13)11-24)9-12-2-4-14(19)5-3-12/h2-8H,9-11H2,1H3,(H,20,26). The Morgan fingerprint density at radius 1 is 1.19 bits per heavy atom. The molecule has 1 aromatic carbocycles. The third-order valence-electron chi connectivity index (χ3n) is 4.39. The Labute approximate surface area is 149 Å². The van der Waals surface area contributed by atoms with E-state index in [1.807, 2.05) is 15.8 Å². The van der Waals surface area contributed by atoms with Crippen LogP contribution >= 0.6 is 0 Å². The first kappa shape index (κ1) is 16.2. The summed E-state index contributed by atoms with van der Waals surface area (Å²) in [7, 11) is 1.56. The van der Waals surface area contributed by atoms with Crippen LogP contribution in [0.25, 0.3) is 0 Å². The van der Waals surface area contributed by atoms with Crippen molar-refractivity contribution >= 4 is 11.7 Å². The van der Waals surface area contributed by atoms with Gasteiger partial charge in [0.25, 0.3) is 5.91 Å². The molecule has 0 radical (unpaired) electrons. The number of anilines is 1. The van der Waals surface area contributed by atoms with E-state index in [4.69, 9.17) is 0 Å². The molecule has 2 aromatic heterocycles. The molecular formula is C18H17FN6O. The van der Waals surface area contributed by atoms with E-state index in [1.54, 1.807) is 25.4 Å². The fourth-order valence-corrected chi connectivity index (χ4v) is 3.01. The zero-order valence-corrected chi connectivity index (χ0v) is 14.2. The normalized spacial score (nSPS) is 12.9. The highest BCUT2D eigenvalue weighted by molar-refractivity contribution is 5.92. The van der Waals surface area contributed by atoms with E-state index in [-0.39, 0.29) is 17.4 Å². The van der Waals surface area contributed by atoms with Crippen LogP contribution in [0.2, 0.25) is 0 Å². The molecule has 26 heavy (non-hydrogen) atoms. The highest BCUT2D eigenvalue weighted by atomic mass is 19.1. The minimum Gasteiger partial charge on any atom is -0.354 e. The average Bonchev–Trinajstić information content (AvgIpc) is 3.25. The smallest absolute Gasteiger partial charge is 0.271 e. The Balaban J connectivity index is 1.54. The number of benzene rings is 1. The lowest BCUT2D eigenvalue weighted by Gasteiger charge is -2.17. The Morgan fingerprint density at radius 3 is 2.77 bits per heavy atom. The number of hydrogen-bond acceptors (Lipinski definition) is 5. The number of halogens is 1. The summed E-state index contributed by atoms with van der Waals surface area (Å²) in [4.78, 5) is 22.3. The summed E-state index contributed by atoms with van der Waals surface area (Å²) in [6.45, 7) is 1.86. The first-order valence-corrected chi connectivity index (χ1v) is 8.21. The second-order valence-electron chi connectivity index (χ2n) is 6.10. The zero-order chi connectivity index (χ0) is 18.1. The Kier molecular flexibility index (Phi) is 4.08. The molecule has 8 heteroatoms. The average molecular weight is 352 g/mol. The number of fused-ring (bicyclic) bond motifs is 1. The van der Waals surface area contributed by atoms with Crippen molar-refractivity contribution in [3.05, 3.63) is 71.2 Å². The van der Waals surface area contributed by atoms with Crippen LogP contribution in [0.15, 0.2) is 42.9 Å². The van der Waals surface area contributed by atoms with Gasteiger partial charge in [0.05, 0.1) is 37.4 Å². The van der Waals surface area contributed by atoms with Crippen LogP contribution < -0.4 is 10.2 Å². The lowest BCUT2D eigenvalue weighted by atomic mass is 10.2. The van der Waals surface area contributed by atoms with Gasteiger partial charge in [-0.15, -0.1) is 0 Å². The summed E-state index contributed by atoms with van der Waals surface area (Å²) in [5, 5.41) is 6.99. The van der Waals surface area contributed by atoms with Crippen LogP contribution in [0.5, 0.6) is 0 Å². The molecule has 1 aliphatic rings. The molecule has 1 amide bonds. The van der Waals surface area contributed by atoms with Gasteiger partial charge in [0.2, 0.25) is 0 Å². The van der Waals surface area contributed by atoms with Crippen LogP contribution in [0.3, 0.4) is 0 Å². The van der Waals surface area contributed by atoms with Crippen LogP contribution in [0, 0.1) is 5.82 Å². The predicted molar refractivity (Wildman–Crippen MR) is 93.0 cm³/mol. The number of nitrogens with one attached hydrogen (secondary N) is 1. The van der Waals surface area contributed by atoms with E-state index >= 15 is 0 Å². The van der Waals surface area contributed by atoms with Crippen LogP contribution in [0.4, 0.5) is 10.2 Å². The maximum atomic E-state index is 13.1. The molecule has 7 nitrogen and oxygen atoms in total. The number of aromatic nitrogens is 4. The van der Waals surface area contributed by atoms with Gasteiger partial charge < -0.3 is 10.2 Å². The molecule has 0 unspecified atom stereocenters. The Morgan fingerprint density at radius 2 is 2.00 bits per heavy atom. The summed E-state index contributed by atoms with van der Waals surface area (Å²) in [6.07, 6.45) is 4.94. The first-order chi connectivity index (χ1) is 12.6. The third-order valence-corrected chi connectivity index (χ3v) is 4.39. The topological polar surface area (TPSA) is 75.9 Å². The van der Waals surface area contributed by atoms with Crippen molar-refractivity contribution in [3.63, 3.8) is 0 Å². The molecule has 0 saturated carbocycles. The summed E-state index contributed by atoms with van der Waals surface area (Å²) in [5.74, 6) is 0.134. The number of carbonyl (C=O) groups excluding carboxylic acids is 1. The van der Waals surface area contributed by atoms with Crippen molar-refractivity contribution in [2.75, 3.05) is 11.9 Å². The van der Waals surface area contributed by atoms with Crippen LogP contribution in [-0.2, 0) is 19.6 Å². The first-order valence-electron chi connectivity index (χ1n) is 8.21. The second kappa shape index (κ2) is 6.55. The van der Waals surface area contributed by atoms with Gasteiger partial charge >= 0.3 is 0 Å². The molecule has 0 aliphatic carbocycles. The van der Waals surface area contributed by atoms with Gasteiger partial charge in [-0.05, 0) is 17.7 Å². The molecule has 0 saturated heterocycles. The summed E-state index contributed by atoms with van der Waals surface area (Å²) >= 11 is 0. The predicted octanol–water partition coefficient (Wildman–Crippen LogP) is 1.74. The molecule has 4 rings (SSSR count).